The summed E-state index contributed by atoms with van der Waals surface area (Å²) in [5, 5.41) is 11.7. The molecule has 0 aliphatic heterocycles. The van der Waals surface area contributed by atoms with Crippen LogP contribution in [0.4, 0.5) is 5.00 Å². The van der Waals surface area contributed by atoms with Crippen molar-refractivity contribution < 1.29 is 4.92 Å². The van der Waals surface area contributed by atoms with E-state index >= 15 is 0 Å². The highest BCUT2D eigenvalue weighted by Gasteiger charge is 2.06. The Hall–Kier alpha value is -1.34. The number of thiophene rings is 1. The highest BCUT2D eigenvalue weighted by atomic mass is 32.1. The van der Waals surface area contributed by atoms with Crippen LogP contribution in [0.1, 0.15) is 5.56 Å². The minimum Gasteiger partial charge on any atom is -0.258 e. The lowest BCUT2D eigenvalue weighted by atomic mass is 10.4. The molecule has 0 bridgehead atoms. The molecule has 0 N–H and O–H groups in total. The van der Waals surface area contributed by atoms with Crippen LogP contribution in [0.2, 0.25) is 0 Å². The Morgan fingerprint density at radius 1 is 1.80 bits per heavy atom. The maximum Gasteiger partial charge on any atom is 0.325 e. The average Bonchev–Trinajstić information content (AvgIpc) is 2.34. The second-order valence-electron chi connectivity index (χ2n) is 1.58. The zero-order valence-corrected chi connectivity index (χ0v) is 5.72. The van der Waals surface area contributed by atoms with E-state index in [9.17, 15) is 10.1 Å². The number of nitro groups is 1. The molecule has 0 aliphatic rings. The van der Waals surface area contributed by atoms with E-state index in [-0.39, 0.29) is 5.00 Å². The number of hydrogen-bond donors (Lipinski definition) is 0. The lowest BCUT2D eigenvalue weighted by Gasteiger charge is -1.77. The molecule has 1 rings (SSSR count). The third kappa shape index (κ3) is 1.14. The van der Waals surface area contributed by atoms with Crippen LogP contribution in [-0.4, -0.2) is 4.92 Å². The molecule has 0 aliphatic carbocycles. The molecule has 4 heteroatoms. The zero-order chi connectivity index (χ0) is 7.56. The molecule has 1 aromatic heterocycles. The highest BCUT2D eigenvalue weighted by molar-refractivity contribution is 7.13. The summed E-state index contributed by atoms with van der Waals surface area (Å²) in [5.41, 5.74) is 0.566. The van der Waals surface area contributed by atoms with E-state index in [0.717, 1.165) is 11.3 Å². The predicted octanol–water partition coefficient (Wildman–Crippen LogP) is 1.64. The summed E-state index contributed by atoms with van der Waals surface area (Å²) in [4.78, 5) is 9.62. The molecule has 0 saturated carbocycles. The van der Waals surface area contributed by atoms with Gasteiger partial charge in [0.05, 0.1) is 4.92 Å². The standard InChI is InChI=1S/C6H3NO2S/c1-2-5-3-6(7(8)9)10-4-5/h1,3-4H. The monoisotopic (exact) mass is 153 g/mol. The van der Waals surface area contributed by atoms with E-state index < -0.39 is 4.92 Å². The quantitative estimate of drug-likeness (QED) is 0.349. The third-order valence-corrected chi connectivity index (χ3v) is 1.81. The Balaban J connectivity index is 3.02. The van der Waals surface area contributed by atoms with Crippen molar-refractivity contribution in [1.82, 2.24) is 0 Å². The smallest absolute Gasteiger partial charge is 0.258 e. The maximum atomic E-state index is 10.1. The van der Waals surface area contributed by atoms with Crippen LogP contribution in [0.5, 0.6) is 0 Å². The second kappa shape index (κ2) is 2.50. The lowest BCUT2D eigenvalue weighted by Crippen LogP contribution is -1.80. The Morgan fingerprint density at radius 3 is 2.80 bits per heavy atom. The van der Waals surface area contributed by atoms with Gasteiger partial charge in [-0.05, 0) is 0 Å². The van der Waals surface area contributed by atoms with Gasteiger partial charge in [-0.3, -0.25) is 10.1 Å². The molecule has 0 radical (unpaired) electrons. The fourth-order valence-electron chi connectivity index (χ4n) is 0.496. The maximum absolute atomic E-state index is 10.1. The first-order chi connectivity index (χ1) is 4.74. The van der Waals surface area contributed by atoms with Gasteiger partial charge in [-0.25, -0.2) is 0 Å². The minimum atomic E-state index is -0.453. The summed E-state index contributed by atoms with van der Waals surface area (Å²) < 4.78 is 0. The van der Waals surface area contributed by atoms with Crippen LogP contribution < -0.4 is 0 Å². The Labute approximate surface area is 61.5 Å². The zero-order valence-electron chi connectivity index (χ0n) is 4.90. The minimum absolute atomic E-state index is 0.0907. The molecule has 0 amide bonds. The van der Waals surface area contributed by atoms with Gasteiger partial charge in [0, 0.05) is 17.0 Å². The number of hydrogen-bond acceptors (Lipinski definition) is 3. The molecular weight excluding hydrogens is 150 g/mol. The van der Waals surface area contributed by atoms with E-state index in [0.29, 0.717) is 5.56 Å². The molecular formula is C6H3NO2S. The van der Waals surface area contributed by atoms with Gasteiger partial charge in [0.1, 0.15) is 0 Å². The van der Waals surface area contributed by atoms with E-state index in [1.807, 2.05) is 0 Å². The first-order valence-corrected chi connectivity index (χ1v) is 3.31. The van der Waals surface area contributed by atoms with Gasteiger partial charge < -0.3 is 0 Å². The lowest BCUT2D eigenvalue weighted by molar-refractivity contribution is -0.380. The van der Waals surface area contributed by atoms with Crippen LogP contribution in [0, 0.1) is 22.5 Å². The Bertz CT molecular complexity index is 297. The van der Waals surface area contributed by atoms with Gasteiger partial charge in [-0.1, -0.05) is 17.3 Å². The molecule has 0 saturated heterocycles. The van der Waals surface area contributed by atoms with Gasteiger partial charge in [-0.15, -0.1) is 6.42 Å². The Morgan fingerprint density at radius 2 is 2.50 bits per heavy atom. The van der Waals surface area contributed by atoms with Crippen LogP contribution in [0.15, 0.2) is 11.4 Å². The SMILES string of the molecule is C#Cc1csc([N+](=O)[O-])c1. The number of nitrogens with zero attached hydrogens (tertiary/aromatic N) is 1. The van der Waals surface area contributed by atoms with E-state index in [1.165, 1.54) is 6.07 Å². The summed E-state index contributed by atoms with van der Waals surface area (Å²) >= 11 is 1.04. The van der Waals surface area contributed by atoms with E-state index in [1.54, 1.807) is 5.38 Å². The summed E-state index contributed by atoms with van der Waals surface area (Å²) in [7, 11) is 0. The summed E-state index contributed by atoms with van der Waals surface area (Å²) in [5.74, 6) is 2.31. The van der Waals surface area contributed by atoms with Crippen molar-refractivity contribution in [3.8, 4) is 12.3 Å². The molecule has 0 unspecified atom stereocenters. The van der Waals surface area contributed by atoms with Crippen molar-refractivity contribution in [2.24, 2.45) is 0 Å². The summed E-state index contributed by atoms with van der Waals surface area (Å²) in [6.45, 7) is 0. The molecule has 0 spiro atoms. The molecule has 0 fully saturated rings. The number of rotatable bonds is 1. The van der Waals surface area contributed by atoms with Gasteiger partial charge in [-0.2, -0.15) is 0 Å². The first-order valence-electron chi connectivity index (χ1n) is 2.43. The molecule has 10 heavy (non-hydrogen) atoms. The average molecular weight is 153 g/mol. The molecule has 3 nitrogen and oxygen atoms in total. The van der Waals surface area contributed by atoms with Crippen molar-refractivity contribution in [3.63, 3.8) is 0 Å². The normalized spacial score (nSPS) is 8.70. The van der Waals surface area contributed by atoms with Crippen molar-refractivity contribution in [3.05, 3.63) is 27.1 Å². The van der Waals surface area contributed by atoms with E-state index in [4.69, 9.17) is 6.42 Å². The highest BCUT2D eigenvalue weighted by Crippen LogP contribution is 2.21. The van der Waals surface area contributed by atoms with Crippen LogP contribution >= 0.6 is 11.3 Å². The van der Waals surface area contributed by atoms with Crippen molar-refractivity contribution in [2.45, 2.75) is 0 Å². The fraction of sp³-hybridized carbons (Fsp3) is 0. The third-order valence-electron chi connectivity index (χ3n) is 0.932. The first kappa shape index (κ1) is 6.78. The van der Waals surface area contributed by atoms with Crippen molar-refractivity contribution >= 4 is 16.3 Å². The molecule has 0 atom stereocenters. The van der Waals surface area contributed by atoms with Crippen molar-refractivity contribution in [2.75, 3.05) is 0 Å². The van der Waals surface area contributed by atoms with Crippen LogP contribution in [0.3, 0.4) is 0 Å². The van der Waals surface area contributed by atoms with Gasteiger partial charge in [0.15, 0.2) is 0 Å². The van der Waals surface area contributed by atoms with Gasteiger partial charge in [0.25, 0.3) is 0 Å². The van der Waals surface area contributed by atoms with Crippen LogP contribution in [0.25, 0.3) is 0 Å². The molecule has 1 aromatic rings. The molecule has 0 aromatic carbocycles. The van der Waals surface area contributed by atoms with Gasteiger partial charge >= 0.3 is 5.00 Å². The van der Waals surface area contributed by atoms with E-state index in [2.05, 4.69) is 5.92 Å². The largest absolute Gasteiger partial charge is 0.325 e. The number of terminal acetylenes is 1. The topological polar surface area (TPSA) is 43.1 Å². The Kier molecular flexibility index (Phi) is 1.69. The van der Waals surface area contributed by atoms with Crippen LogP contribution in [-0.2, 0) is 0 Å². The summed E-state index contributed by atoms with van der Waals surface area (Å²) in [6.07, 6.45) is 5.00. The predicted molar refractivity (Wildman–Crippen MR) is 38.9 cm³/mol. The van der Waals surface area contributed by atoms with Crippen molar-refractivity contribution in [1.29, 1.82) is 0 Å². The fourth-order valence-corrected chi connectivity index (χ4v) is 1.16. The summed E-state index contributed by atoms with van der Waals surface area (Å²) in [6, 6.07) is 1.38. The van der Waals surface area contributed by atoms with Gasteiger partial charge in [0.2, 0.25) is 0 Å². The molecule has 50 valence electrons. The molecule has 1 heterocycles. The second-order valence-corrected chi connectivity index (χ2v) is 2.46.